The van der Waals surface area contributed by atoms with Crippen LogP contribution in [-0.2, 0) is 0 Å². The number of hydrogen-bond acceptors (Lipinski definition) is 2. The third kappa shape index (κ3) is 4.20. The summed E-state index contributed by atoms with van der Waals surface area (Å²) in [6.45, 7) is 5.75. The predicted octanol–water partition coefficient (Wildman–Crippen LogP) is 4.07. The van der Waals surface area contributed by atoms with E-state index in [0.29, 0.717) is 29.9 Å². The van der Waals surface area contributed by atoms with Crippen LogP contribution in [0.15, 0.2) is 18.2 Å². The normalized spacial score (nSPS) is 22.1. The van der Waals surface area contributed by atoms with Crippen molar-refractivity contribution < 1.29 is 9.13 Å². The average molecular weight is 279 g/mol. The van der Waals surface area contributed by atoms with Gasteiger partial charge in [0.25, 0.3) is 0 Å². The van der Waals surface area contributed by atoms with E-state index < -0.39 is 0 Å². The first kappa shape index (κ1) is 15.3. The first-order valence-corrected chi connectivity index (χ1v) is 7.83. The molecule has 3 heteroatoms. The summed E-state index contributed by atoms with van der Waals surface area (Å²) in [5.74, 6) is 1.16. The molecular formula is C17H26FNO. The van der Waals surface area contributed by atoms with Gasteiger partial charge < -0.3 is 10.1 Å². The first-order chi connectivity index (χ1) is 9.70. The van der Waals surface area contributed by atoms with Crippen molar-refractivity contribution in [3.05, 3.63) is 29.6 Å². The van der Waals surface area contributed by atoms with Crippen molar-refractivity contribution >= 4 is 0 Å². The van der Waals surface area contributed by atoms with Crippen molar-refractivity contribution in [3.8, 4) is 5.75 Å². The minimum Gasteiger partial charge on any atom is -0.493 e. The summed E-state index contributed by atoms with van der Waals surface area (Å²) in [7, 11) is 0. The van der Waals surface area contributed by atoms with E-state index in [1.54, 1.807) is 13.0 Å². The summed E-state index contributed by atoms with van der Waals surface area (Å²) >= 11 is 0. The van der Waals surface area contributed by atoms with Crippen molar-refractivity contribution in [1.29, 1.82) is 0 Å². The molecule has 1 aromatic carbocycles. The maximum Gasteiger partial charge on any atom is 0.129 e. The molecule has 1 aliphatic carbocycles. The third-order valence-corrected chi connectivity index (χ3v) is 4.22. The van der Waals surface area contributed by atoms with E-state index in [1.807, 2.05) is 6.07 Å². The van der Waals surface area contributed by atoms with Crippen LogP contribution in [0.1, 0.15) is 44.6 Å². The van der Waals surface area contributed by atoms with E-state index in [4.69, 9.17) is 4.74 Å². The molecule has 2 unspecified atom stereocenters. The predicted molar refractivity (Wildman–Crippen MR) is 80.7 cm³/mol. The highest BCUT2D eigenvalue weighted by Crippen LogP contribution is 2.28. The Morgan fingerprint density at radius 1 is 1.35 bits per heavy atom. The van der Waals surface area contributed by atoms with Gasteiger partial charge in [0, 0.05) is 12.1 Å². The largest absolute Gasteiger partial charge is 0.493 e. The van der Waals surface area contributed by atoms with E-state index in [2.05, 4.69) is 12.2 Å². The summed E-state index contributed by atoms with van der Waals surface area (Å²) in [4.78, 5) is 0. The number of aryl methyl sites for hydroxylation is 1. The van der Waals surface area contributed by atoms with Gasteiger partial charge in [-0.15, -0.1) is 0 Å². The van der Waals surface area contributed by atoms with Crippen LogP contribution in [0, 0.1) is 18.7 Å². The van der Waals surface area contributed by atoms with Gasteiger partial charge in [-0.2, -0.15) is 0 Å². The van der Waals surface area contributed by atoms with E-state index >= 15 is 0 Å². The SMILES string of the molecule is CCCNC1CCCC1CCOc1ccc(C)c(F)c1. The molecule has 1 fully saturated rings. The topological polar surface area (TPSA) is 21.3 Å². The van der Waals surface area contributed by atoms with Gasteiger partial charge in [-0.3, -0.25) is 0 Å². The Labute approximate surface area is 121 Å². The fraction of sp³-hybridized carbons (Fsp3) is 0.647. The lowest BCUT2D eigenvalue weighted by atomic mass is 10.00. The van der Waals surface area contributed by atoms with Crippen LogP contribution in [0.5, 0.6) is 5.75 Å². The minimum absolute atomic E-state index is 0.189. The van der Waals surface area contributed by atoms with Gasteiger partial charge in [0.05, 0.1) is 6.61 Å². The third-order valence-electron chi connectivity index (χ3n) is 4.22. The zero-order valence-corrected chi connectivity index (χ0v) is 12.6. The highest BCUT2D eigenvalue weighted by Gasteiger charge is 2.26. The summed E-state index contributed by atoms with van der Waals surface area (Å²) in [6.07, 6.45) is 6.11. The van der Waals surface area contributed by atoms with Gasteiger partial charge in [0.15, 0.2) is 0 Å². The second-order valence-electron chi connectivity index (χ2n) is 5.80. The number of ether oxygens (including phenoxy) is 1. The Morgan fingerprint density at radius 3 is 2.95 bits per heavy atom. The molecule has 20 heavy (non-hydrogen) atoms. The Balaban J connectivity index is 1.75. The molecule has 0 radical (unpaired) electrons. The maximum atomic E-state index is 13.4. The molecule has 1 N–H and O–H groups in total. The Hall–Kier alpha value is -1.09. The maximum absolute atomic E-state index is 13.4. The van der Waals surface area contributed by atoms with Gasteiger partial charge in [0.2, 0.25) is 0 Å². The molecule has 0 amide bonds. The number of halogens is 1. The van der Waals surface area contributed by atoms with Crippen LogP contribution in [0.2, 0.25) is 0 Å². The molecule has 2 rings (SSSR count). The monoisotopic (exact) mass is 279 g/mol. The highest BCUT2D eigenvalue weighted by molar-refractivity contribution is 5.27. The van der Waals surface area contributed by atoms with Gasteiger partial charge in [-0.25, -0.2) is 4.39 Å². The molecule has 1 aliphatic rings. The van der Waals surface area contributed by atoms with Crippen LogP contribution < -0.4 is 10.1 Å². The number of nitrogens with one attached hydrogen (secondary N) is 1. The fourth-order valence-corrected chi connectivity index (χ4v) is 2.97. The van der Waals surface area contributed by atoms with Crippen LogP contribution in [0.4, 0.5) is 4.39 Å². The van der Waals surface area contributed by atoms with Gasteiger partial charge in [-0.1, -0.05) is 19.4 Å². The van der Waals surface area contributed by atoms with E-state index in [9.17, 15) is 4.39 Å². The van der Waals surface area contributed by atoms with Crippen LogP contribution in [0.25, 0.3) is 0 Å². The molecule has 1 aromatic rings. The molecule has 0 heterocycles. The smallest absolute Gasteiger partial charge is 0.129 e. The van der Waals surface area contributed by atoms with Crippen molar-refractivity contribution in [2.45, 2.75) is 52.0 Å². The van der Waals surface area contributed by atoms with Crippen molar-refractivity contribution in [3.63, 3.8) is 0 Å². The van der Waals surface area contributed by atoms with Gasteiger partial charge >= 0.3 is 0 Å². The highest BCUT2D eigenvalue weighted by atomic mass is 19.1. The molecule has 0 saturated heterocycles. The Kier molecular flexibility index (Phi) is 5.84. The molecule has 0 aliphatic heterocycles. The van der Waals surface area contributed by atoms with Gasteiger partial charge in [0.1, 0.15) is 11.6 Å². The lowest BCUT2D eigenvalue weighted by molar-refractivity contribution is 0.259. The molecule has 0 bridgehead atoms. The average Bonchev–Trinajstić information content (AvgIpc) is 2.88. The Bertz CT molecular complexity index is 421. The zero-order valence-electron chi connectivity index (χ0n) is 12.6. The molecule has 1 saturated carbocycles. The lowest BCUT2D eigenvalue weighted by Gasteiger charge is -2.21. The summed E-state index contributed by atoms with van der Waals surface area (Å²) in [5, 5.41) is 3.63. The first-order valence-electron chi connectivity index (χ1n) is 7.83. The van der Waals surface area contributed by atoms with Crippen molar-refractivity contribution in [2.75, 3.05) is 13.2 Å². The number of rotatable bonds is 7. The molecule has 2 atom stereocenters. The lowest BCUT2D eigenvalue weighted by Crippen LogP contribution is -2.33. The number of hydrogen-bond donors (Lipinski definition) is 1. The molecule has 0 spiro atoms. The quantitative estimate of drug-likeness (QED) is 0.812. The molecule has 0 aromatic heterocycles. The fourth-order valence-electron chi connectivity index (χ4n) is 2.97. The van der Waals surface area contributed by atoms with E-state index in [1.165, 1.54) is 31.7 Å². The standard InChI is InChI=1S/C17H26FNO/c1-3-10-19-17-6-4-5-14(17)9-11-20-15-8-7-13(2)16(18)12-15/h7-8,12,14,17,19H,3-6,9-11H2,1-2H3. The van der Waals surface area contributed by atoms with Gasteiger partial charge in [-0.05, 0) is 56.7 Å². The summed E-state index contributed by atoms with van der Waals surface area (Å²) < 4.78 is 19.1. The molecular weight excluding hydrogens is 253 g/mol. The van der Waals surface area contributed by atoms with Crippen LogP contribution in [-0.4, -0.2) is 19.2 Å². The van der Waals surface area contributed by atoms with Crippen molar-refractivity contribution in [1.82, 2.24) is 5.32 Å². The summed E-state index contributed by atoms with van der Waals surface area (Å²) in [6, 6.07) is 5.75. The number of benzene rings is 1. The Morgan fingerprint density at radius 2 is 2.20 bits per heavy atom. The summed E-state index contributed by atoms with van der Waals surface area (Å²) in [5.41, 5.74) is 0.664. The van der Waals surface area contributed by atoms with Crippen LogP contribution >= 0.6 is 0 Å². The zero-order chi connectivity index (χ0) is 14.4. The second kappa shape index (κ2) is 7.63. The van der Waals surface area contributed by atoms with E-state index in [-0.39, 0.29) is 5.82 Å². The molecule has 2 nitrogen and oxygen atoms in total. The van der Waals surface area contributed by atoms with Crippen molar-refractivity contribution in [2.24, 2.45) is 5.92 Å². The van der Waals surface area contributed by atoms with Crippen LogP contribution in [0.3, 0.4) is 0 Å². The second-order valence-corrected chi connectivity index (χ2v) is 5.80. The molecule has 112 valence electrons. The minimum atomic E-state index is -0.189. The van der Waals surface area contributed by atoms with E-state index in [0.717, 1.165) is 13.0 Å².